The van der Waals surface area contributed by atoms with Gasteiger partial charge in [-0.25, -0.2) is 0 Å². The number of esters is 1. The maximum atomic E-state index is 11.7. The van der Waals surface area contributed by atoms with E-state index < -0.39 is 24.4 Å². The van der Waals surface area contributed by atoms with Crippen LogP contribution >= 0.6 is 0 Å². The Kier molecular flexibility index (Phi) is 12.0. The first kappa shape index (κ1) is 19.9. The van der Waals surface area contributed by atoms with Gasteiger partial charge in [-0.05, 0) is 19.3 Å². The maximum absolute atomic E-state index is 11.7. The standard InChI is InChI=1S/C16H31NO4/c1-3-5-6-7-8-9-11-13(10-4-2)21-16(20)14(17)12-15(18)19/h13-14H,3-12,17H2,1-2H3,(H,18,19)/p-1. The van der Waals surface area contributed by atoms with E-state index >= 15 is 0 Å². The summed E-state index contributed by atoms with van der Waals surface area (Å²) in [6, 6.07) is -1.13. The van der Waals surface area contributed by atoms with Crippen molar-refractivity contribution >= 4 is 11.9 Å². The van der Waals surface area contributed by atoms with E-state index in [1.165, 1.54) is 25.7 Å². The third kappa shape index (κ3) is 11.3. The maximum Gasteiger partial charge on any atom is 0.323 e. The Morgan fingerprint density at radius 2 is 1.62 bits per heavy atom. The number of carboxylic acid groups (broad SMARTS) is 1. The summed E-state index contributed by atoms with van der Waals surface area (Å²) < 4.78 is 5.33. The van der Waals surface area contributed by atoms with Gasteiger partial charge >= 0.3 is 5.97 Å². The van der Waals surface area contributed by atoms with Crippen molar-refractivity contribution in [1.82, 2.24) is 0 Å². The van der Waals surface area contributed by atoms with Crippen LogP contribution in [0, 0.1) is 0 Å². The Morgan fingerprint density at radius 3 is 2.19 bits per heavy atom. The van der Waals surface area contributed by atoms with E-state index in [4.69, 9.17) is 10.5 Å². The molecule has 0 heterocycles. The van der Waals surface area contributed by atoms with Crippen LogP contribution in [0.25, 0.3) is 0 Å². The topological polar surface area (TPSA) is 92.5 Å². The van der Waals surface area contributed by atoms with Crippen LogP contribution in [0.3, 0.4) is 0 Å². The minimum atomic E-state index is -1.33. The second kappa shape index (κ2) is 12.6. The fourth-order valence-corrected chi connectivity index (χ4v) is 2.25. The van der Waals surface area contributed by atoms with Gasteiger partial charge in [0, 0.05) is 12.4 Å². The number of nitrogens with two attached hydrogens (primary N) is 1. The lowest BCUT2D eigenvalue weighted by Gasteiger charge is -2.20. The van der Waals surface area contributed by atoms with E-state index in [2.05, 4.69) is 6.92 Å². The molecule has 0 bridgehead atoms. The molecule has 0 aliphatic carbocycles. The highest BCUT2D eigenvalue weighted by molar-refractivity contribution is 5.81. The number of unbranched alkanes of at least 4 members (excludes halogenated alkanes) is 5. The average molecular weight is 300 g/mol. The summed E-state index contributed by atoms with van der Waals surface area (Å²) in [6.07, 6.45) is 9.02. The molecule has 2 N–H and O–H groups in total. The van der Waals surface area contributed by atoms with Gasteiger partial charge in [0.1, 0.15) is 12.1 Å². The number of rotatable bonds is 13. The van der Waals surface area contributed by atoms with Crippen molar-refractivity contribution in [3.8, 4) is 0 Å². The van der Waals surface area contributed by atoms with Crippen LogP contribution in [-0.4, -0.2) is 24.1 Å². The van der Waals surface area contributed by atoms with Gasteiger partial charge in [0.2, 0.25) is 0 Å². The highest BCUT2D eigenvalue weighted by Gasteiger charge is 2.19. The predicted octanol–water partition coefficient (Wildman–Crippen LogP) is 1.92. The number of hydrogen-bond donors (Lipinski definition) is 1. The monoisotopic (exact) mass is 300 g/mol. The van der Waals surface area contributed by atoms with Gasteiger partial charge in [-0.2, -0.15) is 0 Å². The number of carbonyl (C=O) groups excluding carboxylic acids is 2. The first-order valence-corrected chi connectivity index (χ1v) is 8.17. The molecule has 0 spiro atoms. The van der Waals surface area contributed by atoms with Crippen molar-refractivity contribution in [2.24, 2.45) is 5.73 Å². The average Bonchev–Trinajstić information content (AvgIpc) is 2.41. The Balaban J connectivity index is 3.99. The zero-order valence-electron chi connectivity index (χ0n) is 13.4. The molecule has 0 rings (SSSR count). The number of ether oxygens (including phenoxy) is 1. The van der Waals surface area contributed by atoms with Gasteiger partial charge in [0.05, 0.1) is 0 Å². The van der Waals surface area contributed by atoms with Crippen LogP contribution in [0.2, 0.25) is 0 Å². The van der Waals surface area contributed by atoms with Crippen molar-refractivity contribution < 1.29 is 19.4 Å². The molecule has 0 fully saturated rings. The number of hydrogen-bond acceptors (Lipinski definition) is 5. The van der Waals surface area contributed by atoms with E-state index in [0.29, 0.717) is 0 Å². The van der Waals surface area contributed by atoms with Crippen molar-refractivity contribution in [1.29, 1.82) is 0 Å². The molecule has 5 nitrogen and oxygen atoms in total. The molecule has 0 aliphatic heterocycles. The molecule has 2 unspecified atom stereocenters. The molecule has 0 saturated heterocycles. The van der Waals surface area contributed by atoms with Crippen LogP contribution in [0.1, 0.15) is 78.1 Å². The summed E-state index contributed by atoms with van der Waals surface area (Å²) in [6.45, 7) is 4.22. The molecule has 0 amide bonds. The van der Waals surface area contributed by atoms with Crippen LogP contribution in [0.4, 0.5) is 0 Å². The van der Waals surface area contributed by atoms with Gasteiger partial charge in [0.15, 0.2) is 0 Å². The molecule has 0 aromatic rings. The highest BCUT2D eigenvalue weighted by Crippen LogP contribution is 2.14. The summed E-state index contributed by atoms with van der Waals surface area (Å²) in [5.74, 6) is -1.97. The number of carbonyl (C=O) groups is 2. The molecule has 0 aromatic heterocycles. The van der Waals surface area contributed by atoms with Gasteiger partial charge < -0.3 is 20.4 Å². The second-order valence-electron chi connectivity index (χ2n) is 5.59. The van der Waals surface area contributed by atoms with Gasteiger partial charge in [-0.3, -0.25) is 4.79 Å². The fraction of sp³-hybridized carbons (Fsp3) is 0.875. The van der Waals surface area contributed by atoms with E-state index in [-0.39, 0.29) is 6.10 Å². The Morgan fingerprint density at radius 1 is 1.00 bits per heavy atom. The molecule has 0 aliphatic rings. The van der Waals surface area contributed by atoms with Crippen LogP contribution in [0.5, 0.6) is 0 Å². The third-order valence-corrected chi connectivity index (χ3v) is 3.46. The summed E-state index contributed by atoms with van der Waals surface area (Å²) in [5, 5.41) is 10.4. The van der Waals surface area contributed by atoms with E-state index in [1.54, 1.807) is 0 Å². The quantitative estimate of drug-likeness (QED) is 0.414. The molecule has 5 heteroatoms. The van der Waals surface area contributed by atoms with Crippen molar-refractivity contribution in [3.63, 3.8) is 0 Å². The van der Waals surface area contributed by atoms with Crippen molar-refractivity contribution in [2.45, 2.75) is 90.2 Å². The molecule has 0 radical (unpaired) electrons. The lowest BCUT2D eigenvalue weighted by atomic mass is 10.0. The fourth-order valence-electron chi connectivity index (χ4n) is 2.25. The minimum absolute atomic E-state index is 0.151. The van der Waals surface area contributed by atoms with Crippen LogP contribution < -0.4 is 10.8 Å². The largest absolute Gasteiger partial charge is 0.550 e. The molecule has 21 heavy (non-hydrogen) atoms. The minimum Gasteiger partial charge on any atom is -0.550 e. The Bertz CT molecular complexity index is 294. The van der Waals surface area contributed by atoms with E-state index in [9.17, 15) is 14.7 Å². The van der Waals surface area contributed by atoms with Gasteiger partial charge in [-0.1, -0.05) is 52.4 Å². The first-order chi connectivity index (χ1) is 10.0. The van der Waals surface area contributed by atoms with E-state index in [1.807, 2.05) is 6.92 Å². The molecular weight excluding hydrogens is 270 g/mol. The smallest absolute Gasteiger partial charge is 0.323 e. The number of carboxylic acids is 1. The lowest BCUT2D eigenvalue weighted by molar-refractivity contribution is -0.306. The van der Waals surface area contributed by atoms with Crippen LogP contribution in [-0.2, 0) is 14.3 Å². The molecule has 2 atom stereocenters. The van der Waals surface area contributed by atoms with E-state index in [0.717, 1.165) is 32.1 Å². The Hall–Kier alpha value is -1.10. The molecule has 0 aromatic carbocycles. The summed E-state index contributed by atoms with van der Waals surface area (Å²) in [7, 11) is 0. The molecule has 124 valence electrons. The summed E-state index contributed by atoms with van der Waals surface area (Å²) >= 11 is 0. The summed E-state index contributed by atoms with van der Waals surface area (Å²) in [5.41, 5.74) is 5.48. The predicted molar refractivity (Wildman–Crippen MR) is 80.4 cm³/mol. The molecule has 0 saturated carbocycles. The zero-order chi connectivity index (χ0) is 16.1. The number of aliphatic carboxylic acids is 1. The first-order valence-electron chi connectivity index (χ1n) is 8.17. The Labute approximate surface area is 128 Å². The van der Waals surface area contributed by atoms with Crippen molar-refractivity contribution in [3.05, 3.63) is 0 Å². The second-order valence-corrected chi connectivity index (χ2v) is 5.59. The zero-order valence-corrected chi connectivity index (χ0v) is 13.4. The third-order valence-electron chi connectivity index (χ3n) is 3.46. The lowest BCUT2D eigenvalue weighted by Crippen LogP contribution is -2.40. The normalized spacial score (nSPS) is 13.7. The van der Waals surface area contributed by atoms with Gasteiger partial charge in [-0.15, -0.1) is 0 Å². The van der Waals surface area contributed by atoms with Crippen LogP contribution in [0.15, 0.2) is 0 Å². The highest BCUT2D eigenvalue weighted by atomic mass is 16.5. The van der Waals surface area contributed by atoms with Gasteiger partial charge in [0.25, 0.3) is 0 Å². The SMILES string of the molecule is CCCCCCCCC(CCC)OC(=O)C(N)CC(=O)[O-]. The van der Waals surface area contributed by atoms with Crippen molar-refractivity contribution in [2.75, 3.05) is 0 Å². The summed E-state index contributed by atoms with van der Waals surface area (Å²) in [4.78, 5) is 22.1. The molecular formula is C16H30NO4-.